The summed E-state index contributed by atoms with van der Waals surface area (Å²) in [6, 6.07) is 0. The Kier molecular flexibility index (Phi) is 5.77. The van der Waals surface area contributed by atoms with Crippen LogP contribution >= 0.6 is 0 Å². The van der Waals surface area contributed by atoms with E-state index in [-0.39, 0.29) is 12.0 Å². The lowest BCUT2D eigenvalue weighted by atomic mass is 9.46. The Bertz CT molecular complexity index is 403. The van der Waals surface area contributed by atoms with Crippen LogP contribution in [0.2, 0.25) is 0 Å². The molecule has 5 atom stereocenters. The lowest BCUT2D eigenvalue weighted by Crippen LogP contribution is -2.50. The molecule has 2 nitrogen and oxygen atoms in total. The van der Waals surface area contributed by atoms with Gasteiger partial charge in [-0.2, -0.15) is 0 Å². The van der Waals surface area contributed by atoms with Crippen molar-refractivity contribution in [3.8, 4) is 0 Å². The van der Waals surface area contributed by atoms with Crippen molar-refractivity contribution in [3.63, 3.8) is 0 Å². The molecule has 0 aromatic heterocycles. The number of aliphatic hydroxyl groups excluding tert-OH is 2. The van der Waals surface area contributed by atoms with E-state index < -0.39 is 0 Å². The molecular weight excluding hydrogens is 272 g/mol. The smallest absolute Gasteiger partial charge is 0.0647 e. The molecular formula is C20H36O2. The molecule has 0 spiro atoms. The average Bonchev–Trinajstić information content (AvgIpc) is 2.49. The molecule has 22 heavy (non-hydrogen) atoms. The quantitative estimate of drug-likeness (QED) is 0.706. The third kappa shape index (κ3) is 3.14. The number of rotatable bonds is 6. The van der Waals surface area contributed by atoms with Gasteiger partial charge in [0.2, 0.25) is 0 Å². The SMILES string of the molecule is C[C@H](CCO)CC[C@@]1(C)[C@H](C)CC[C@]2(C)C(CO)=CCC[C@H]12. The summed E-state index contributed by atoms with van der Waals surface area (Å²) in [4.78, 5) is 0. The molecule has 2 aliphatic rings. The summed E-state index contributed by atoms with van der Waals surface area (Å²) in [5.74, 6) is 2.06. The van der Waals surface area contributed by atoms with Gasteiger partial charge in [-0.25, -0.2) is 0 Å². The topological polar surface area (TPSA) is 40.5 Å². The highest BCUT2D eigenvalue weighted by molar-refractivity contribution is 5.22. The molecule has 0 bridgehead atoms. The zero-order valence-electron chi connectivity index (χ0n) is 15.1. The van der Waals surface area contributed by atoms with Crippen LogP contribution in [-0.2, 0) is 0 Å². The highest BCUT2D eigenvalue weighted by Crippen LogP contribution is 2.61. The van der Waals surface area contributed by atoms with Gasteiger partial charge in [0.25, 0.3) is 0 Å². The minimum Gasteiger partial charge on any atom is -0.396 e. The predicted molar refractivity (Wildman–Crippen MR) is 92.6 cm³/mol. The van der Waals surface area contributed by atoms with Gasteiger partial charge in [-0.15, -0.1) is 0 Å². The molecule has 0 radical (unpaired) electrons. The second-order valence-corrected chi connectivity index (χ2v) is 8.54. The van der Waals surface area contributed by atoms with Gasteiger partial charge in [0.1, 0.15) is 0 Å². The summed E-state index contributed by atoms with van der Waals surface area (Å²) in [5.41, 5.74) is 1.87. The maximum absolute atomic E-state index is 9.82. The maximum atomic E-state index is 9.82. The van der Waals surface area contributed by atoms with Crippen LogP contribution < -0.4 is 0 Å². The van der Waals surface area contributed by atoms with Crippen LogP contribution in [0.3, 0.4) is 0 Å². The summed E-state index contributed by atoms with van der Waals surface area (Å²) >= 11 is 0. The molecule has 1 saturated carbocycles. The Hall–Kier alpha value is -0.340. The molecule has 0 amide bonds. The predicted octanol–water partition coefficient (Wildman–Crippen LogP) is 4.56. The highest BCUT2D eigenvalue weighted by atomic mass is 16.3. The monoisotopic (exact) mass is 308 g/mol. The van der Waals surface area contributed by atoms with Crippen molar-refractivity contribution in [2.45, 2.75) is 72.6 Å². The maximum Gasteiger partial charge on any atom is 0.0647 e. The van der Waals surface area contributed by atoms with Gasteiger partial charge < -0.3 is 10.2 Å². The van der Waals surface area contributed by atoms with Crippen molar-refractivity contribution in [2.24, 2.45) is 28.6 Å². The average molecular weight is 309 g/mol. The molecule has 0 unspecified atom stereocenters. The van der Waals surface area contributed by atoms with Crippen molar-refractivity contribution < 1.29 is 10.2 Å². The van der Waals surface area contributed by atoms with Crippen LogP contribution in [0.4, 0.5) is 0 Å². The van der Waals surface area contributed by atoms with Crippen molar-refractivity contribution in [1.82, 2.24) is 0 Å². The number of hydrogen-bond donors (Lipinski definition) is 2. The largest absolute Gasteiger partial charge is 0.396 e. The van der Waals surface area contributed by atoms with Crippen LogP contribution in [0.15, 0.2) is 11.6 Å². The number of aliphatic hydroxyl groups is 2. The molecule has 2 N–H and O–H groups in total. The second-order valence-electron chi connectivity index (χ2n) is 8.54. The summed E-state index contributed by atoms with van der Waals surface area (Å²) in [6.07, 6.45) is 10.6. The van der Waals surface area contributed by atoms with Crippen LogP contribution in [-0.4, -0.2) is 23.4 Å². The molecule has 0 aliphatic heterocycles. The summed E-state index contributed by atoms with van der Waals surface area (Å²) in [5, 5.41) is 19.0. The van der Waals surface area contributed by atoms with Crippen LogP contribution in [0, 0.1) is 28.6 Å². The lowest BCUT2D eigenvalue weighted by Gasteiger charge is -2.58. The van der Waals surface area contributed by atoms with Gasteiger partial charge in [0, 0.05) is 6.61 Å². The number of hydrogen-bond acceptors (Lipinski definition) is 2. The first-order chi connectivity index (χ1) is 10.4. The van der Waals surface area contributed by atoms with E-state index in [0.29, 0.717) is 23.9 Å². The molecule has 0 aromatic carbocycles. The third-order valence-corrected chi connectivity index (χ3v) is 7.34. The lowest BCUT2D eigenvalue weighted by molar-refractivity contribution is -0.0543. The molecule has 2 heteroatoms. The minimum atomic E-state index is 0.203. The normalized spacial score (nSPS) is 40.0. The first-order valence-electron chi connectivity index (χ1n) is 9.29. The summed E-state index contributed by atoms with van der Waals surface area (Å²) in [7, 11) is 0. The van der Waals surface area contributed by atoms with Crippen LogP contribution in [0.1, 0.15) is 72.6 Å². The van der Waals surface area contributed by atoms with Gasteiger partial charge in [-0.1, -0.05) is 40.2 Å². The molecule has 0 saturated heterocycles. The number of fused-ring (bicyclic) bond motifs is 1. The Labute approximate surface area is 137 Å². The highest BCUT2D eigenvalue weighted by Gasteiger charge is 2.53. The molecule has 128 valence electrons. The van der Waals surface area contributed by atoms with Crippen LogP contribution in [0.5, 0.6) is 0 Å². The van der Waals surface area contributed by atoms with E-state index in [1.54, 1.807) is 0 Å². The fraction of sp³-hybridized carbons (Fsp3) is 0.900. The second kappa shape index (κ2) is 7.05. The fourth-order valence-corrected chi connectivity index (χ4v) is 5.37. The van der Waals surface area contributed by atoms with Crippen molar-refractivity contribution in [3.05, 3.63) is 11.6 Å². The molecule has 2 aliphatic carbocycles. The zero-order valence-corrected chi connectivity index (χ0v) is 15.1. The Morgan fingerprint density at radius 3 is 2.59 bits per heavy atom. The van der Waals surface area contributed by atoms with Crippen molar-refractivity contribution >= 4 is 0 Å². The zero-order chi connectivity index (χ0) is 16.4. The van der Waals surface area contributed by atoms with E-state index >= 15 is 0 Å². The fourth-order valence-electron chi connectivity index (χ4n) is 5.37. The van der Waals surface area contributed by atoms with Crippen LogP contribution in [0.25, 0.3) is 0 Å². The van der Waals surface area contributed by atoms with Gasteiger partial charge in [-0.05, 0) is 72.7 Å². The summed E-state index contributed by atoms with van der Waals surface area (Å²) in [6.45, 7) is 10.2. The Morgan fingerprint density at radius 2 is 1.95 bits per heavy atom. The van der Waals surface area contributed by atoms with E-state index in [1.165, 1.54) is 37.7 Å². The molecule has 2 rings (SSSR count). The number of allylic oxidation sites excluding steroid dienone is 1. The Morgan fingerprint density at radius 1 is 1.23 bits per heavy atom. The van der Waals surface area contributed by atoms with Gasteiger partial charge in [-0.3, -0.25) is 0 Å². The molecule has 0 heterocycles. The van der Waals surface area contributed by atoms with Gasteiger partial charge in [0.15, 0.2) is 0 Å². The first-order valence-corrected chi connectivity index (χ1v) is 9.29. The summed E-state index contributed by atoms with van der Waals surface area (Å²) < 4.78 is 0. The Balaban J connectivity index is 2.19. The molecule has 1 fully saturated rings. The van der Waals surface area contributed by atoms with E-state index in [1.807, 2.05) is 0 Å². The van der Waals surface area contributed by atoms with E-state index in [0.717, 1.165) is 18.8 Å². The standard InChI is InChI=1S/C20H36O2/c1-15(10-13-21)8-11-19(3)16(2)9-12-20(4)17(14-22)6-5-7-18(19)20/h6,15-16,18,21-22H,5,7-14H2,1-4H3/t15-,16+,18+,19-,20+/m0/s1. The first kappa shape index (κ1) is 18.0. The third-order valence-electron chi connectivity index (χ3n) is 7.34. The minimum absolute atomic E-state index is 0.203. The van der Waals surface area contributed by atoms with Gasteiger partial charge in [0.05, 0.1) is 6.61 Å². The van der Waals surface area contributed by atoms with E-state index in [2.05, 4.69) is 33.8 Å². The van der Waals surface area contributed by atoms with E-state index in [4.69, 9.17) is 5.11 Å². The van der Waals surface area contributed by atoms with Crippen molar-refractivity contribution in [2.75, 3.05) is 13.2 Å². The van der Waals surface area contributed by atoms with Gasteiger partial charge >= 0.3 is 0 Å². The molecule has 0 aromatic rings. The van der Waals surface area contributed by atoms with Crippen molar-refractivity contribution in [1.29, 1.82) is 0 Å². The van der Waals surface area contributed by atoms with E-state index in [9.17, 15) is 5.11 Å².